The number of benzene rings is 1. The summed E-state index contributed by atoms with van der Waals surface area (Å²) in [5.74, 6) is -0.490. The van der Waals surface area contributed by atoms with Crippen molar-refractivity contribution < 1.29 is 19.1 Å². The zero-order valence-corrected chi connectivity index (χ0v) is 20.6. The molecule has 0 saturated heterocycles. The maximum absolute atomic E-state index is 12.6. The van der Waals surface area contributed by atoms with Crippen LogP contribution in [0.2, 0.25) is 0 Å². The largest absolute Gasteiger partial charge is 0.444 e. The number of carbonyl (C=O) groups excluding carboxylic acids is 3. The molecule has 2 aromatic rings. The van der Waals surface area contributed by atoms with Gasteiger partial charge in [-0.1, -0.05) is 6.07 Å². The minimum atomic E-state index is -0.525. The fraction of sp³-hybridized carbons (Fsp3) is 0.417. The molecule has 1 aromatic heterocycles. The first-order chi connectivity index (χ1) is 15.6. The summed E-state index contributed by atoms with van der Waals surface area (Å²) in [5, 5.41) is 8.72. The molecule has 176 valence electrons. The number of ether oxygens (including phenoxy) is 1. The molecule has 1 saturated carbocycles. The van der Waals surface area contributed by atoms with E-state index in [4.69, 9.17) is 4.74 Å². The number of carbonyl (C=O) groups is 3. The van der Waals surface area contributed by atoms with Gasteiger partial charge < -0.3 is 20.7 Å². The van der Waals surface area contributed by atoms with Crippen molar-refractivity contribution in [3.05, 3.63) is 58.3 Å². The van der Waals surface area contributed by atoms with Crippen LogP contribution in [0.5, 0.6) is 0 Å². The van der Waals surface area contributed by atoms with Gasteiger partial charge in [0.1, 0.15) is 15.9 Å². The van der Waals surface area contributed by atoms with Gasteiger partial charge in [0.05, 0.1) is 0 Å². The van der Waals surface area contributed by atoms with Crippen LogP contribution in [0.4, 0.5) is 10.5 Å². The van der Waals surface area contributed by atoms with E-state index >= 15 is 0 Å². The topological polar surface area (TPSA) is 109 Å². The van der Waals surface area contributed by atoms with Crippen molar-refractivity contribution in [2.45, 2.75) is 64.1 Å². The predicted octanol–water partition coefficient (Wildman–Crippen LogP) is 4.66. The van der Waals surface area contributed by atoms with Gasteiger partial charge in [0, 0.05) is 23.3 Å². The number of aromatic nitrogens is 1. The van der Waals surface area contributed by atoms with Crippen molar-refractivity contribution in [3.8, 4) is 0 Å². The molecule has 9 heteroatoms. The number of alkyl carbamates (subject to hydrolysis) is 1. The molecule has 3 rings (SSSR count). The number of hydrogen-bond acceptors (Lipinski definition) is 5. The van der Waals surface area contributed by atoms with Crippen LogP contribution in [0.25, 0.3) is 0 Å². The van der Waals surface area contributed by atoms with E-state index in [1.54, 1.807) is 42.5 Å². The third-order valence-corrected chi connectivity index (χ3v) is 5.58. The molecule has 33 heavy (non-hydrogen) atoms. The molecular formula is C24H29BrN4O4. The lowest BCUT2D eigenvalue weighted by Gasteiger charge is -2.30. The van der Waals surface area contributed by atoms with Crippen LogP contribution >= 0.6 is 15.9 Å². The maximum atomic E-state index is 12.6. The van der Waals surface area contributed by atoms with Crippen molar-refractivity contribution in [2.24, 2.45) is 0 Å². The number of amides is 3. The molecule has 1 aliphatic carbocycles. The van der Waals surface area contributed by atoms with E-state index in [1.807, 2.05) is 20.8 Å². The SMILES string of the molecule is CC(C)(C)OC(=O)NC1CCC(NC(=O)c2ccc(NC(=O)c3cccc(Br)n3)cc2)CC1. The lowest BCUT2D eigenvalue weighted by Crippen LogP contribution is -2.45. The van der Waals surface area contributed by atoms with Gasteiger partial charge in [0.2, 0.25) is 0 Å². The van der Waals surface area contributed by atoms with Crippen molar-refractivity contribution in [1.29, 1.82) is 0 Å². The Hall–Kier alpha value is -2.94. The fourth-order valence-corrected chi connectivity index (χ4v) is 3.90. The molecule has 8 nitrogen and oxygen atoms in total. The highest BCUT2D eigenvalue weighted by molar-refractivity contribution is 9.10. The van der Waals surface area contributed by atoms with Gasteiger partial charge >= 0.3 is 6.09 Å². The van der Waals surface area contributed by atoms with Crippen LogP contribution in [0.3, 0.4) is 0 Å². The molecule has 0 aliphatic heterocycles. The Bertz CT molecular complexity index is 996. The van der Waals surface area contributed by atoms with Gasteiger partial charge in [-0.3, -0.25) is 9.59 Å². The van der Waals surface area contributed by atoms with Crippen LogP contribution in [0, 0.1) is 0 Å². The highest BCUT2D eigenvalue weighted by Gasteiger charge is 2.25. The van der Waals surface area contributed by atoms with E-state index in [-0.39, 0.29) is 23.9 Å². The lowest BCUT2D eigenvalue weighted by molar-refractivity contribution is 0.0487. The third-order valence-electron chi connectivity index (χ3n) is 5.14. The van der Waals surface area contributed by atoms with Crippen molar-refractivity contribution in [3.63, 3.8) is 0 Å². The molecule has 1 aromatic carbocycles. The van der Waals surface area contributed by atoms with E-state index in [0.29, 0.717) is 21.5 Å². The van der Waals surface area contributed by atoms with Crippen molar-refractivity contribution in [2.75, 3.05) is 5.32 Å². The van der Waals surface area contributed by atoms with Crippen LogP contribution < -0.4 is 16.0 Å². The summed E-state index contributed by atoms with van der Waals surface area (Å²) in [7, 11) is 0. The Labute approximate surface area is 202 Å². The average molecular weight is 517 g/mol. The van der Waals surface area contributed by atoms with Crippen LogP contribution in [-0.2, 0) is 4.74 Å². The summed E-state index contributed by atoms with van der Waals surface area (Å²) in [4.78, 5) is 41.0. The Morgan fingerprint density at radius 3 is 2.09 bits per heavy atom. The standard InChI is InChI=1S/C24H29BrN4O4/c1-24(2,3)33-23(32)28-18-13-11-17(12-14-18)26-21(30)15-7-9-16(10-8-15)27-22(31)19-5-4-6-20(25)29-19/h4-10,17-18H,11-14H2,1-3H3,(H,26,30)(H,27,31)(H,28,32). The molecule has 1 aliphatic rings. The summed E-state index contributed by atoms with van der Waals surface area (Å²) >= 11 is 3.25. The summed E-state index contributed by atoms with van der Waals surface area (Å²) in [6.45, 7) is 5.50. The molecule has 1 heterocycles. The number of nitrogens with zero attached hydrogens (tertiary/aromatic N) is 1. The van der Waals surface area contributed by atoms with Gasteiger partial charge in [0.15, 0.2) is 0 Å². The zero-order chi connectivity index (χ0) is 24.0. The molecule has 3 N–H and O–H groups in total. The molecule has 0 spiro atoms. The second-order valence-corrected chi connectivity index (χ2v) is 9.86. The third kappa shape index (κ3) is 7.85. The predicted molar refractivity (Wildman–Crippen MR) is 129 cm³/mol. The van der Waals surface area contributed by atoms with Crippen molar-refractivity contribution in [1.82, 2.24) is 15.6 Å². The number of halogens is 1. The first kappa shape index (κ1) is 24.7. The lowest BCUT2D eigenvalue weighted by atomic mass is 9.91. The van der Waals surface area contributed by atoms with Gasteiger partial charge in [-0.05, 0) is 98.8 Å². The van der Waals surface area contributed by atoms with Gasteiger partial charge in [-0.15, -0.1) is 0 Å². The second kappa shape index (κ2) is 10.8. The molecule has 0 bridgehead atoms. The molecule has 3 amide bonds. The average Bonchev–Trinajstić information content (AvgIpc) is 2.74. The minimum absolute atomic E-state index is 0.0515. The quantitative estimate of drug-likeness (QED) is 0.500. The number of nitrogens with one attached hydrogen (secondary N) is 3. The fourth-order valence-electron chi connectivity index (χ4n) is 3.56. The second-order valence-electron chi connectivity index (χ2n) is 9.05. The molecule has 1 fully saturated rings. The summed E-state index contributed by atoms with van der Waals surface area (Å²) in [6, 6.07) is 11.9. The van der Waals surface area contributed by atoms with E-state index in [0.717, 1.165) is 25.7 Å². The maximum Gasteiger partial charge on any atom is 0.407 e. The summed E-state index contributed by atoms with van der Waals surface area (Å²) in [5.41, 5.74) is 0.862. The first-order valence-corrected chi connectivity index (χ1v) is 11.7. The van der Waals surface area contributed by atoms with E-state index in [1.165, 1.54) is 0 Å². The smallest absolute Gasteiger partial charge is 0.407 e. The zero-order valence-electron chi connectivity index (χ0n) is 19.0. The number of rotatable bonds is 5. The number of anilines is 1. The first-order valence-electron chi connectivity index (χ1n) is 10.9. The van der Waals surface area contributed by atoms with Crippen molar-refractivity contribution >= 4 is 39.5 Å². The van der Waals surface area contributed by atoms with Crippen LogP contribution in [0.15, 0.2) is 47.1 Å². The number of pyridine rings is 1. The van der Waals surface area contributed by atoms with E-state index < -0.39 is 11.7 Å². The van der Waals surface area contributed by atoms with Gasteiger partial charge in [0.25, 0.3) is 11.8 Å². The highest BCUT2D eigenvalue weighted by Crippen LogP contribution is 2.20. The normalized spacial score (nSPS) is 18.2. The van der Waals surface area contributed by atoms with E-state index in [9.17, 15) is 14.4 Å². The Morgan fingerprint density at radius 2 is 1.52 bits per heavy atom. The van der Waals surface area contributed by atoms with Crippen LogP contribution in [0.1, 0.15) is 67.3 Å². The Kier molecular flexibility index (Phi) is 8.07. The molecule has 0 atom stereocenters. The Morgan fingerprint density at radius 1 is 0.909 bits per heavy atom. The van der Waals surface area contributed by atoms with Gasteiger partial charge in [-0.2, -0.15) is 0 Å². The monoisotopic (exact) mass is 516 g/mol. The van der Waals surface area contributed by atoms with Gasteiger partial charge in [-0.25, -0.2) is 9.78 Å². The minimum Gasteiger partial charge on any atom is -0.444 e. The summed E-state index contributed by atoms with van der Waals surface area (Å²) < 4.78 is 5.88. The number of hydrogen-bond donors (Lipinski definition) is 3. The van der Waals surface area contributed by atoms with Crippen LogP contribution in [-0.4, -0.2) is 40.6 Å². The molecule has 0 radical (unpaired) electrons. The molecule has 0 unspecified atom stereocenters. The summed E-state index contributed by atoms with van der Waals surface area (Å²) in [6.07, 6.45) is 2.70. The Balaban J connectivity index is 1.45. The molecular weight excluding hydrogens is 488 g/mol. The highest BCUT2D eigenvalue weighted by atomic mass is 79.9. The van der Waals surface area contributed by atoms with E-state index in [2.05, 4.69) is 36.9 Å².